The van der Waals surface area contributed by atoms with Crippen LogP contribution < -0.4 is 0 Å². The van der Waals surface area contributed by atoms with Crippen LogP contribution in [-0.2, 0) is 9.53 Å². The fourth-order valence-electron chi connectivity index (χ4n) is 2.23. The van der Waals surface area contributed by atoms with Crippen LogP contribution in [0.25, 0.3) is 0 Å². The molecule has 0 saturated carbocycles. The van der Waals surface area contributed by atoms with E-state index in [0.29, 0.717) is 0 Å². The number of cyclic esters (lactones) is 1. The van der Waals surface area contributed by atoms with Crippen molar-refractivity contribution in [2.45, 2.75) is 39.2 Å². The number of carbonyl (C=O) groups is 1. The van der Waals surface area contributed by atoms with Gasteiger partial charge in [0.2, 0.25) is 0 Å². The highest BCUT2D eigenvalue weighted by Crippen LogP contribution is 2.26. The first-order valence-electron chi connectivity index (χ1n) is 5.97. The van der Waals surface area contributed by atoms with Gasteiger partial charge in [-0.05, 0) is 26.7 Å². The van der Waals surface area contributed by atoms with Crippen molar-refractivity contribution >= 4 is 5.97 Å². The Morgan fingerprint density at radius 1 is 1.50 bits per heavy atom. The summed E-state index contributed by atoms with van der Waals surface area (Å²) in [5.41, 5.74) is 2.35. The Balaban J connectivity index is 2.04. The van der Waals surface area contributed by atoms with Gasteiger partial charge in [-0.1, -0.05) is 11.6 Å². The van der Waals surface area contributed by atoms with Crippen LogP contribution in [0.2, 0.25) is 0 Å². The summed E-state index contributed by atoms with van der Waals surface area (Å²) in [4.78, 5) is 13.6. The molecule has 0 aromatic carbocycles. The molecule has 3 heteroatoms. The number of carbonyl (C=O) groups excluding carboxylic acids is 1. The second-order valence-electron chi connectivity index (χ2n) is 4.71. The number of ether oxygens (including phenoxy) is 1. The van der Waals surface area contributed by atoms with Gasteiger partial charge in [0.05, 0.1) is 5.70 Å². The molecule has 88 valence electrons. The summed E-state index contributed by atoms with van der Waals surface area (Å²) in [6.07, 6.45) is 6.99. The maximum absolute atomic E-state index is 11.3. The van der Waals surface area contributed by atoms with Gasteiger partial charge in [0.25, 0.3) is 0 Å². The highest BCUT2D eigenvalue weighted by atomic mass is 16.5. The van der Waals surface area contributed by atoms with Gasteiger partial charge in [-0.25, -0.2) is 4.79 Å². The van der Waals surface area contributed by atoms with Crippen molar-refractivity contribution in [3.05, 3.63) is 23.4 Å². The smallest absolute Gasteiger partial charge is 0.333 e. The van der Waals surface area contributed by atoms with E-state index in [1.165, 1.54) is 18.4 Å². The molecule has 0 spiro atoms. The lowest BCUT2D eigenvalue weighted by Gasteiger charge is -2.23. The monoisotopic (exact) mass is 221 g/mol. The second-order valence-corrected chi connectivity index (χ2v) is 4.71. The number of esters is 1. The zero-order valence-electron chi connectivity index (χ0n) is 10.0. The van der Waals surface area contributed by atoms with E-state index in [0.717, 1.165) is 25.2 Å². The minimum atomic E-state index is -0.186. The van der Waals surface area contributed by atoms with Gasteiger partial charge in [-0.15, -0.1) is 0 Å². The average Bonchev–Trinajstić information content (AvgIpc) is 2.82. The summed E-state index contributed by atoms with van der Waals surface area (Å²) in [5, 5.41) is 0. The number of rotatable bonds is 3. The highest BCUT2D eigenvalue weighted by molar-refractivity contribution is 5.85. The Morgan fingerprint density at radius 2 is 2.19 bits per heavy atom. The van der Waals surface area contributed by atoms with Gasteiger partial charge >= 0.3 is 5.97 Å². The van der Waals surface area contributed by atoms with E-state index in [4.69, 9.17) is 4.74 Å². The predicted octanol–water partition coefficient (Wildman–Crippen LogP) is 2.25. The summed E-state index contributed by atoms with van der Waals surface area (Å²) >= 11 is 0. The Morgan fingerprint density at radius 3 is 2.81 bits per heavy atom. The molecule has 2 rings (SSSR count). The first-order valence-corrected chi connectivity index (χ1v) is 5.97. The van der Waals surface area contributed by atoms with E-state index in [2.05, 4.69) is 24.8 Å². The number of allylic oxidation sites excluding steroid dienone is 1. The van der Waals surface area contributed by atoms with E-state index in [1.54, 1.807) is 6.08 Å². The Labute approximate surface area is 96.8 Å². The highest BCUT2D eigenvalue weighted by Gasteiger charge is 2.30. The van der Waals surface area contributed by atoms with Crippen molar-refractivity contribution in [1.82, 2.24) is 4.90 Å². The number of likely N-dealkylation sites (tertiary alicyclic amines) is 1. The molecule has 1 fully saturated rings. The molecule has 0 aliphatic carbocycles. The third-order valence-electron chi connectivity index (χ3n) is 3.07. The van der Waals surface area contributed by atoms with Crippen LogP contribution in [-0.4, -0.2) is 30.1 Å². The first-order chi connectivity index (χ1) is 7.66. The van der Waals surface area contributed by atoms with Crippen molar-refractivity contribution < 1.29 is 9.53 Å². The maximum atomic E-state index is 11.3. The summed E-state index contributed by atoms with van der Waals surface area (Å²) in [6, 6.07) is 0. The van der Waals surface area contributed by atoms with Crippen molar-refractivity contribution in [3.8, 4) is 0 Å². The van der Waals surface area contributed by atoms with Crippen LogP contribution in [0.1, 0.15) is 33.1 Å². The molecule has 16 heavy (non-hydrogen) atoms. The van der Waals surface area contributed by atoms with Crippen LogP contribution in [0.15, 0.2) is 23.4 Å². The minimum absolute atomic E-state index is 0.0551. The Bertz CT molecular complexity index is 334. The van der Waals surface area contributed by atoms with Crippen LogP contribution in [0.4, 0.5) is 0 Å². The second kappa shape index (κ2) is 4.73. The van der Waals surface area contributed by atoms with Gasteiger partial charge in [-0.3, -0.25) is 0 Å². The number of hydrogen-bond acceptors (Lipinski definition) is 3. The summed E-state index contributed by atoms with van der Waals surface area (Å²) in [6.45, 7) is 6.26. The molecule has 2 aliphatic rings. The molecule has 0 N–H and O–H groups in total. The lowest BCUT2D eigenvalue weighted by molar-refractivity contribution is -0.138. The summed E-state index contributed by atoms with van der Waals surface area (Å²) in [7, 11) is 0. The summed E-state index contributed by atoms with van der Waals surface area (Å²) in [5.74, 6) is -0.186. The fraction of sp³-hybridized carbons (Fsp3) is 0.615. The van der Waals surface area contributed by atoms with Crippen molar-refractivity contribution in [3.63, 3.8) is 0 Å². The number of nitrogens with zero attached hydrogens (tertiary/aromatic N) is 1. The normalized spacial score (nSPS) is 24.4. The van der Waals surface area contributed by atoms with Crippen LogP contribution in [0, 0.1) is 0 Å². The average molecular weight is 221 g/mol. The van der Waals surface area contributed by atoms with E-state index < -0.39 is 0 Å². The molecule has 1 atom stereocenters. The summed E-state index contributed by atoms with van der Waals surface area (Å²) < 4.78 is 5.32. The molecule has 3 nitrogen and oxygen atoms in total. The molecule has 2 aliphatic heterocycles. The molecular weight excluding hydrogens is 202 g/mol. The third-order valence-corrected chi connectivity index (χ3v) is 3.07. The van der Waals surface area contributed by atoms with Gasteiger partial charge in [0, 0.05) is 25.6 Å². The van der Waals surface area contributed by atoms with Crippen LogP contribution in [0.3, 0.4) is 0 Å². The lowest BCUT2D eigenvalue weighted by Crippen LogP contribution is -2.26. The largest absolute Gasteiger partial charge is 0.452 e. The molecule has 0 bridgehead atoms. The molecule has 0 amide bonds. The topological polar surface area (TPSA) is 29.5 Å². The van der Waals surface area contributed by atoms with E-state index in [-0.39, 0.29) is 12.1 Å². The van der Waals surface area contributed by atoms with Crippen molar-refractivity contribution in [2.75, 3.05) is 13.1 Å². The van der Waals surface area contributed by atoms with Gasteiger partial charge in [0.1, 0.15) is 6.10 Å². The molecule has 0 aromatic heterocycles. The SMILES string of the molecule is CC(C)=CCC1OC(=O)C=C1N1CCCC1. The minimum Gasteiger partial charge on any atom is -0.452 e. The lowest BCUT2D eigenvalue weighted by atomic mass is 10.1. The molecule has 2 heterocycles. The van der Waals surface area contributed by atoms with Gasteiger partial charge in [0.15, 0.2) is 0 Å². The zero-order valence-corrected chi connectivity index (χ0v) is 10.0. The molecular formula is C13H19NO2. The van der Waals surface area contributed by atoms with E-state index in [9.17, 15) is 4.79 Å². The zero-order chi connectivity index (χ0) is 11.5. The molecule has 0 aromatic rings. The quantitative estimate of drug-likeness (QED) is 0.541. The molecule has 0 radical (unpaired) electrons. The van der Waals surface area contributed by atoms with E-state index in [1.807, 2.05) is 0 Å². The first kappa shape index (κ1) is 11.2. The van der Waals surface area contributed by atoms with Crippen LogP contribution >= 0.6 is 0 Å². The van der Waals surface area contributed by atoms with Gasteiger partial charge in [-0.2, -0.15) is 0 Å². The van der Waals surface area contributed by atoms with Gasteiger partial charge < -0.3 is 9.64 Å². The number of hydrogen-bond donors (Lipinski definition) is 0. The standard InChI is InChI=1S/C13H19NO2/c1-10(2)5-6-12-11(9-13(15)16-12)14-7-3-4-8-14/h5,9,12H,3-4,6-8H2,1-2H3. The maximum Gasteiger partial charge on any atom is 0.333 e. The Hall–Kier alpha value is -1.25. The fourth-order valence-corrected chi connectivity index (χ4v) is 2.23. The third kappa shape index (κ3) is 2.46. The molecule has 1 unspecified atom stereocenters. The van der Waals surface area contributed by atoms with Crippen molar-refractivity contribution in [1.29, 1.82) is 0 Å². The predicted molar refractivity (Wildman–Crippen MR) is 62.8 cm³/mol. The van der Waals surface area contributed by atoms with Crippen LogP contribution in [0.5, 0.6) is 0 Å². The Kier molecular flexibility index (Phi) is 3.32. The molecule has 1 saturated heterocycles. The van der Waals surface area contributed by atoms with E-state index >= 15 is 0 Å². The van der Waals surface area contributed by atoms with Crippen molar-refractivity contribution in [2.24, 2.45) is 0 Å².